The third-order valence-corrected chi connectivity index (χ3v) is 5.97. The summed E-state index contributed by atoms with van der Waals surface area (Å²) in [5, 5.41) is 18.2. The van der Waals surface area contributed by atoms with Crippen molar-refractivity contribution < 1.29 is 18.7 Å². The third kappa shape index (κ3) is 4.34. The average Bonchev–Trinajstić information content (AvgIpc) is 3.21. The molecule has 0 saturated carbocycles. The van der Waals surface area contributed by atoms with E-state index in [1.54, 1.807) is 30.1 Å². The van der Waals surface area contributed by atoms with Gasteiger partial charge < -0.3 is 16.2 Å². The Labute approximate surface area is 204 Å². The number of halogens is 2. The van der Waals surface area contributed by atoms with Crippen LogP contribution in [0.4, 0.5) is 14.6 Å². The van der Waals surface area contributed by atoms with Crippen LogP contribution in [0, 0.1) is 11.6 Å². The third-order valence-electron chi connectivity index (χ3n) is 5.97. The molecule has 9 heteroatoms. The van der Waals surface area contributed by atoms with Gasteiger partial charge in [-0.05, 0) is 65.7 Å². The van der Waals surface area contributed by atoms with Gasteiger partial charge in [-0.15, -0.1) is 0 Å². The number of anilines is 1. The van der Waals surface area contributed by atoms with Gasteiger partial charge in [0.25, 0.3) is 5.91 Å². The molecule has 0 radical (unpaired) electrons. The molecule has 4 N–H and O–H groups in total. The first-order valence-corrected chi connectivity index (χ1v) is 11.0. The molecule has 0 fully saturated rings. The van der Waals surface area contributed by atoms with Gasteiger partial charge in [-0.25, -0.2) is 13.8 Å². The molecule has 36 heavy (non-hydrogen) atoms. The normalized spacial score (nSPS) is 12.0. The van der Waals surface area contributed by atoms with Crippen LogP contribution < -0.4 is 11.1 Å². The van der Waals surface area contributed by atoms with Crippen LogP contribution in [0.2, 0.25) is 0 Å². The van der Waals surface area contributed by atoms with Crippen molar-refractivity contribution >= 4 is 22.6 Å². The molecule has 1 amide bonds. The smallest absolute Gasteiger partial charge is 0.273 e. The SMILES string of the molecule is Cn1nc(C(=O)NC(c2ccc(F)cc2)c2cc(F)ccc2O)c2ccc(-c3ccc(N)nc3)cc21. The van der Waals surface area contributed by atoms with E-state index in [9.17, 15) is 18.7 Å². The number of nitrogens with one attached hydrogen (secondary N) is 1. The number of pyridine rings is 1. The van der Waals surface area contributed by atoms with E-state index in [2.05, 4.69) is 15.4 Å². The second-order valence-electron chi connectivity index (χ2n) is 8.34. The Morgan fingerprint density at radius 2 is 1.69 bits per heavy atom. The van der Waals surface area contributed by atoms with E-state index in [-0.39, 0.29) is 17.0 Å². The molecule has 0 aliphatic carbocycles. The number of nitrogens with two attached hydrogens (primary N) is 1. The number of nitrogens with zero attached hydrogens (tertiary/aromatic N) is 3. The molecular formula is C27H21F2N5O2. The lowest BCUT2D eigenvalue weighted by Gasteiger charge is -2.20. The maximum Gasteiger partial charge on any atom is 0.273 e. The zero-order valence-corrected chi connectivity index (χ0v) is 19.1. The lowest BCUT2D eigenvalue weighted by Crippen LogP contribution is -2.30. The van der Waals surface area contributed by atoms with Crippen LogP contribution in [-0.4, -0.2) is 25.8 Å². The summed E-state index contributed by atoms with van der Waals surface area (Å²) in [4.78, 5) is 17.5. The summed E-state index contributed by atoms with van der Waals surface area (Å²) in [5.74, 6) is -1.38. The number of amides is 1. The molecule has 0 spiro atoms. The molecule has 7 nitrogen and oxygen atoms in total. The molecule has 2 heterocycles. The van der Waals surface area contributed by atoms with Crippen molar-refractivity contribution in [1.82, 2.24) is 20.1 Å². The number of hydrogen-bond acceptors (Lipinski definition) is 5. The van der Waals surface area contributed by atoms with Crippen molar-refractivity contribution in [3.63, 3.8) is 0 Å². The van der Waals surface area contributed by atoms with Crippen molar-refractivity contribution in [3.05, 3.63) is 107 Å². The Balaban J connectivity index is 1.53. The number of fused-ring (bicyclic) bond motifs is 1. The number of carbonyl (C=O) groups is 1. The highest BCUT2D eigenvalue weighted by Gasteiger charge is 2.24. The van der Waals surface area contributed by atoms with E-state index in [1.807, 2.05) is 18.2 Å². The maximum absolute atomic E-state index is 14.0. The number of aryl methyl sites for hydroxylation is 1. The van der Waals surface area contributed by atoms with Crippen molar-refractivity contribution in [2.75, 3.05) is 5.73 Å². The van der Waals surface area contributed by atoms with Crippen molar-refractivity contribution in [3.8, 4) is 16.9 Å². The van der Waals surface area contributed by atoms with Gasteiger partial charge in [0.2, 0.25) is 0 Å². The largest absolute Gasteiger partial charge is 0.508 e. The first-order chi connectivity index (χ1) is 17.3. The van der Waals surface area contributed by atoms with Crippen LogP contribution in [0.15, 0.2) is 79.0 Å². The van der Waals surface area contributed by atoms with E-state index in [0.29, 0.717) is 22.3 Å². The quantitative estimate of drug-likeness (QED) is 0.334. The second-order valence-corrected chi connectivity index (χ2v) is 8.34. The summed E-state index contributed by atoms with van der Waals surface area (Å²) < 4.78 is 29.2. The summed E-state index contributed by atoms with van der Waals surface area (Å²) in [6.07, 6.45) is 1.67. The Morgan fingerprint density at radius 1 is 0.972 bits per heavy atom. The van der Waals surface area contributed by atoms with Gasteiger partial charge in [-0.3, -0.25) is 9.48 Å². The molecule has 1 unspecified atom stereocenters. The van der Waals surface area contributed by atoms with Crippen molar-refractivity contribution in [2.45, 2.75) is 6.04 Å². The van der Waals surface area contributed by atoms with Crippen LogP contribution in [0.25, 0.3) is 22.0 Å². The molecule has 1 atom stereocenters. The highest BCUT2D eigenvalue weighted by atomic mass is 19.1. The number of carbonyl (C=O) groups excluding carboxylic acids is 1. The number of aromatic hydroxyl groups is 1. The molecule has 0 saturated heterocycles. The zero-order valence-electron chi connectivity index (χ0n) is 19.1. The molecule has 2 aromatic heterocycles. The Kier molecular flexibility index (Phi) is 5.81. The second kappa shape index (κ2) is 9.10. The number of rotatable bonds is 5. The van der Waals surface area contributed by atoms with Crippen molar-refractivity contribution in [1.29, 1.82) is 0 Å². The standard InChI is InChI=1S/C27H21F2N5O2/c1-34-22-12-16(17-5-11-24(30)31-14-17)4-9-20(22)26(33-34)27(36)32-25(15-2-6-18(28)7-3-15)21-13-19(29)8-10-23(21)35/h2-14,25,35H,1H3,(H2,30,31)(H,32,36). The van der Waals surface area contributed by atoms with Gasteiger partial charge in [-0.1, -0.05) is 18.2 Å². The first-order valence-electron chi connectivity index (χ1n) is 11.0. The lowest BCUT2D eigenvalue weighted by molar-refractivity contribution is 0.0938. The number of aromatic nitrogens is 3. The first kappa shape index (κ1) is 23.0. The molecule has 3 aromatic carbocycles. The van der Waals surface area contributed by atoms with Crippen LogP contribution >= 0.6 is 0 Å². The summed E-state index contributed by atoms with van der Waals surface area (Å²) in [6.45, 7) is 0. The Morgan fingerprint density at radius 3 is 2.42 bits per heavy atom. The predicted molar refractivity (Wildman–Crippen MR) is 132 cm³/mol. The average molecular weight is 485 g/mol. The minimum Gasteiger partial charge on any atom is -0.508 e. The van der Waals surface area contributed by atoms with E-state index in [0.717, 1.165) is 23.3 Å². The van der Waals surface area contributed by atoms with Crippen LogP contribution in [-0.2, 0) is 7.05 Å². The Hall–Kier alpha value is -4.79. The molecular weight excluding hydrogens is 464 g/mol. The summed E-state index contributed by atoms with van der Waals surface area (Å²) in [6, 6.07) is 17.0. The number of phenols is 1. The zero-order chi connectivity index (χ0) is 25.4. The highest BCUT2D eigenvalue weighted by molar-refractivity contribution is 6.05. The van der Waals surface area contributed by atoms with Crippen molar-refractivity contribution in [2.24, 2.45) is 7.05 Å². The van der Waals surface area contributed by atoms with Gasteiger partial charge in [-0.2, -0.15) is 5.10 Å². The van der Waals surface area contributed by atoms with Gasteiger partial charge in [0.1, 0.15) is 23.2 Å². The fourth-order valence-corrected chi connectivity index (χ4v) is 4.13. The monoisotopic (exact) mass is 485 g/mol. The minimum atomic E-state index is -0.953. The van der Waals surface area contributed by atoms with E-state index in [1.165, 1.54) is 30.3 Å². The van der Waals surface area contributed by atoms with Gasteiger partial charge in [0, 0.05) is 29.8 Å². The van der Waals surface area contributed by atoms with E-state index >= 15 is 0 Å². The number of benzene rings is 3. The summed E-state index contributed by atoms with van der Waals surface area (Å²) in [5.41, 5.74) is 8.87. The minimum absolute atomic E-state index is 0.133. The highest BCUT2D eigenvalue weighted by Crippen LogP contribution is 2.32. The molecule has 180 valence electrons. The molecule has 5 rings (SSSR count). The fourth-order valence-electron chi connectivity index (χ4n) is 4.13. The topological polar surface area (TPSA) is 106 Å². The molecule has 0 aliphatic rings. The van der Waals surface area contributed by atoms with Crippen LogP contribution in [0.3, 0.4) is 0 Å². The fraction of sp³-hybridized carbons (Fsp3) is 0.0741. The summed E-state index contributed by atoms with van der Waals surface area (Å²) in [7, 11) is 1.72. The Bertz CT molecular complexity index is 1580. The molecule has 5 aromatic rings. The van der Waals surface area contributed by atoms with Gasteiger partial charge in [0.15, 0.2) is 5.69 Å². The number of hydrogen-bond donors (Lipinski definition) is 3. The molecule has 0 bridgehead atoms. The summed E-state index contributed by atoms with van der Waals surface area (Å²) >= 11 is 0. The number of phenolic OH excluding ortho intramolecular Hbond substituents is 1. The number of nitrogen functional groups attached to an aromatic ring is 1. The van der Waals surface area contributed by atoms with Crippen LogP contribution in [0.5, 0.6) is 5.75 Å². The van der Waals surface area contributed by atoms with Gasteiger partial charge >= 0.3 is 0 Å². The van der Waals surface area contributed by atoms with Crippen LogP contribution in [0.1, 0.15) is 27.7 Å². The predicted octanol–water partition coefficient (Wildman–Crippen LogP) is 4.72. The lowest BCUT2D eigenvalue weighted by atomic mass is 9.97. The van der Waals surface area contributed by atoms with E-state index in [4.69, 9.17) is 5.73 Å². The van der Waals surface area contributed by atoms with Gasteiger partial charge in [0.05, 0.1) is 11.6 Å². The molecule has 0 aliphatic heterocycles. The van der Waals surface area contributed by atoms with E-state index < -0.39 is 23.6 Å². The maximum atomic E-state index is 14.0.